The van der Waals surface area contributed by atoms with Crippen molar-refractivity contribution in [1.82, 2.24) is 4.90 Å². The Labute approximate surface area is 174 Å². The zero-order valence-electron chi connectivity index (χ0n) is 16.0. The summed E-state index contributed by atoms with van der Waals surface area (Å²) < 4.78 is 0. The Morgan fingerprint density at radius 3 is 2.59 bits per heavy atom. The molecule has 2 amide bonds. The average Bonchev–Trinajstić information content (AvgIpc) is 3.44. The Balaban J connectivity index is 1.42. The molecular formula is C23H23N3O2S. The highest BCUT2D eigenvalue weighted by molar-refractivity contribution is 7.10. The summed E-state index contributed by atoms with van der Waals surface area (Å²) in [5, 5.41) is 8.12. The number of nitrogens with zero attached hydrogens (tertiary/aromatic N) is 1. The van der Waals surface area contributed by atoms with Crippen LogP contribution in [0, 0.1) is 0 Å². The minimum absolute atomic E-state index is 0.0548. The van der Waals surface area contributed by atoms with Gasteiger partial charge in [0.2, 0.25) is 5.91 Å². The van der Waals surface area contributed by atoms with Crippen molar-refractivity contribution in [2.75, 3.05) is 23.7 Å². The van der Waals surface area contributed by atoms with Crippen molar-refractivity contribution in [2.45, 2.75) is 18.9 Å². The maximum absolute atomic E-state index is 12.9. The second-order valence-corrected chi connectivity index (χ2v) is 7.96. The monoisotopic (exact) mass is 405 g/mol. The van der Waals surface area contributed by atoms with Crippen LogP contribution < -0.4 is 10.6 Å². The molecule has 1 aromatic heterocycles. The Bertz CT molecular complexity index is 973. The van der Waals surface area contributed by atoms with Gasteiger partial charge in [0.25, 0.3) is 5.91 Å². The molecule has 2 heterocycles. The summed E-state index contributed by atoms with van der Waals surface area (Å²) in [6, 6.07) is 20.9. The van der Waals surface area contributed by atoms with Gasteiger partial charge in [-0.05, 0) is 48.6 Å². The van der Waals surface area contributed by atoms with E-state index in [1.807, 2.05) is 59.5 Å². The van der Waals surface area contributed by atoms with E-state index in [1.165, 1.54) is 4.88 Å². The van der Waals surface area contributed by atoms with Crippen molar-refractivity contribution >= 4 is 34.5 Å². The largest absolute Gasteiger partial charge is 0.376 e. The molecule has 1 fully saturated rings. The Hall–Kier alpha value is -3.12. The van der Waals surface area contributed by atoms with E-state index in [1.54, 1.807) is 17.4 Å². The van der Waals surface area contributed by atoms with Crippen LogP contribution in [0.15, 0.2) is 72.1 Å². The quantitative estimate of drug-likeness (QED) is 0.621. The van der Waals surface area contributed by atoms with Gasteiger partial charge in [-0.2, -0.15) is 0 Å². The van der Waals surface area contributed by atoms with E-state index in [0.29, 0.717) is 11.3 Å². The van der Waals surface area contributed by atoms with Crippen molar-refractivity contribution in [2.24, 2.45) is 0 Å². The van der Waals surface area contributed by atoms with Gasteiger partial charge in [0.15, 0.2) is 0 Å². The lowest BCUT2D eigenvalue weighted by Gasteiger charge is -2.24. The number of amides is 2. The van der Waals surface area contributed by atoms with E-state index >= 15 is 0 Å². The molecule has 1 unspecified atom stereocenters. The number of para-hydroxylation sites is 2. The van der Waals surface area contributed by atoms with Crippen LogP contribution in [-0.2, 0) is 4.79 Å². The minimum atomic E-state index is -0.204. The lowest BCUT2D eigenvalue weighted by atomic mass is 10.1. The molecule has 2 N–H and O–H groups in total. The van der Waals surface area contributed by atoms with E-state index in [-0.39, 0.29) is 24.4 Å². The van der Waals surface area contributed by atoms with Crippen LogP contribution in [0.1, 0.15) is 34.1 Å². The molecule has 2 aromatic carbocycles. The highest BCUT2D eigenvalue weighted by Gasteiger charge is 2.30. The van der Waals surface area contributed by atoms with Crippen LogP contribution in [-0.4, -0.2) is 29.8 Å². The third-order valence-corrected chi connectivity index (χ3v) is 6.05. The number of carbonyl (C=O) groups excluding carboxylic acids is 2. The van der Waals surface area contributed by atoms with Crippen LogP contribution >= 0.6 is 11.3 Å². The number of nitrogens with one attached hydrogen (secondary N) is 2. The van der Waals surface area contributed by atoms with Gasteiger partial charge < -0.3 is 15.5 Å². The summed E-state index contributed by atoms with van der Waals surface area (Å²) >= 11 is 1.70. The van der Waals surface area contributed by atoms with Crippen LogP contribution in [0.4, 0.5) is 11.4 Å². The number of hydrogen-bond acceptors (Lipinski definition) is 4. The molecule has 0 aliphatic carbocycles. The molecule has 0 spiro atoms. The topological polar surface area (TPSA) is 61.4 Å². The van der Waals surface area contributed by atoms with Crippen molar-refractivity contribution in [1.29, 1.82) is 0 Å². The van der Waals surface area contributed by atoms with E-state index < -0.39 is 0 Å². The number of likely N-dealkylation sites (tertiary alicyclic amines) is 1. The summed E-state index contributed by atoms with van der Waals surface area (Å²) in [6.07, 6.45) is 2.02. The summed E-state index contributed by atoms with van der Waals surface area (Å²) in [7, 11) is 0. The fourth-order valence-electron chi connectivity index (χ4n) is 3.67. The summed E-state index contributed by atoms with van der Waals surface area (Å²) in [4.78, 5) is 28.7. The van der Waals surface area contributed by atoms with Gasteiger partial charge in [-0.3, -0.25) is 9.59 Å². The van der Waals surface area contributed by atoms with E-state index in [9.17, 15) is 9.59 Å². The third-order valence-electron chi connectivity index (χ3n) is 5.08. The van der Waals surface area contributed by atoms with E-state index in [0.717, 1.165) is 25.1 Å². The zero-order chi connectivity index (χ0) is 20.1. The van der Waals surface area contributed by atoms with Crippen LogP contribution in [0.5, 0.6) is 0 Å². The summed E-state index contributed by atoms with van der Waals surface area (Å²) in [5.41, 5.74) is 1.90. The highest BCUT2D eigenvalue weighted by atomic mass is 32.1. The number of benzene rings is 2. The first kappa shape index (κ1) is 19.2. The number of rotatable bonds is 6. The predicted molar refractivity (Wildman–Crippen MR) is 117 cm³/mol. The second-order valence-electron chi connectivity index (χ2n) is 6.98. The zero-order valence-corrected chi connectivity index (χ0v) is 16.8. The molecule has 0 bridgehead atoms. The van der Waals surface area contributed by atoms with E-state index in [4.69, 9.17) is 0 Å². The molecule has 1 atom stereocenters. The predicted octanol–water partition coefficient (Wildman–Crippen LogP) is 4.78. The third kappa shape index (κ3) is 4.49. The average molecular weight is 406 g/mol. The molecule has 1 aliphatic heterocycles. The van der Waals surface area contributed by atoms with Crippen LogP contribution in [0.3, 0.4) is 0 Å². The first-order chi connectivity index (χ1) is 14.2. The van der Waals surface area contributed by atoms with Gasteiger partial charge in [0.1, 0.15) is 0 Å². The minimum Gasteiger partial charge on any atom is -0.376 e. The Morgan fingerprint density at radius 2 is 1.79 bits per heavy atom. The van der Waals surface area contributed by atoms with Crippen LogP contribution in [0.25, 0.3) is 0 Å². The van der Waals surface area contributed by atoms with Gasteiger partial charge in [0.05, 0.1) is 18.2 Å². The van der Waals surface area contributed by atoms with Gasteiger partial charge in [-0.1, -0.05) is 36.4 Å². The molecule has 3 aromatic rings. The van der Waals surface area contributed by atoms with Gasteiger partial charge in [-0.15, -0.1) is 11.3 Å². The molecule has 6 heteroatoms. The first-order valence-electron chi connectivity index (χ1n) is 9.74. The Morgan fingerprint density at radius 1 is 1.00 bits per heavy atom. The fraction of sp³-hybridized carbons (Fsp3) is 0.217. The smallest absolute Gasteiger partial charge is 0.257 e. The van der Waals surface area contributed by atoms with E-state index in [2.05, 4.69) is 22.1 Å². The van der Waals surface area contributed by atoms with Crippen LogP contribution in [0.2, 0.25) is 0 Å². The standard InChI is InChI=1S/C23H23N3O2S/c27-22(26-14-6-12-20(26)21-13-7-15-29-21)16-24-19-11-5-4-10-18(19)23(28)25-17-8-2-1-3-9-17/h1-5,7-11,13,15,20,24H,6,12,14,16H2,(H,25,28). The molecule has 148 valence electrons. The lowest BCUT2D eigenvalue weighted by Crippen LogP contribution is -2.35. The fourth-order valence-corrected chi connectivity index (χ4v) is 4.54. The SMILES string of the molecule is O=C(Nc1ccccc1)c1ccccc1NCC(=O)N1CCCC1c1cccs1. The molecule has 0 radical (unpaired) electrons. The number of thiophene rings is 1. The number of anilines is 2. The van der Waals surface area contributed by atoms with Gasteiger partial charge in [0, 0.05) is 22.8 Å². The molecular weight excluding hydrogens is 382 g/mol. The number of hydrogen-bond donors (Lipinski definition) is 2. The van der Waals surface area contributed by atoms with Gasteiger partial charge >= 0.3 is 0 Å². The molecule has 4 rings (SSSR count). The maximum atomic E-state index is 12.9. The Kier molecular flexibility index (Phi) is 5.91. The molecule has 1 saturated heterocycles. The lowest BCUT2D eigenvalue weighted by molar-refractivity contribution is -0.130. The number of carbonyl (C=O) groups is 2. The summed E-state index contributed by atoms with van der Waals surface area (Å²) in [5.74, 6) is -0.149. The first-order valence-corrected chi connectivity index (χ1v) is 10.6. The molecule has 5 nitrogen and oxygen atoms in total. The molecule has 1 aliphatic rings. The maximum Gasteiger partial charge on any atom is 0.257 e. The molecule has 29 heavy (non-hydrogen) atoms. The van der Waals surface area contributed by atoms with Crippen molar-refractivity contribution in [3.63, 3.8) is 0 Å². The van der Waals surface area contributed by atoms with Crippen molar-refractivity contribution < 1.29 is 9.59 Å². The van der Waals surface area contributed by atoms with Crippen molar-refractivity contribution in [3.05, 3.63) is 82.6 Å². The normalized spacial score (nSPS) is 15.9. The van der Waals surface area contributed by atoms with Gasteiger partial charge in [-0.25, -0.2) is 0 Å². The second kappa shape index (κ2) is 8.92. The molecule has 0 saturated carbocycles. The summed E-state index contributed by atoms with van der Waals surface area (Å²) in [6.45, 7) is 0.941. The van der Waals surface area contributed by atoms with Crippen molar-refractivity contribution in [3.8, 4) is 0 Å². The highest BCUT2D eigenvalue weighted by Crippen LogP contribution is 2.34.